The normalized spacial score (nSPS) is 14.9. The number of hydrogen-bond donors (Lipinski definition) is 1. The average molecular weight is 393 g/mol. The van der Waals surface area contributed by atoms with E-state index in [0.717, 1.165) is 17.3 Å². The molecule has 29 heavy (non-hydrogen) atoms. The lowest BCUT2D eigenvalue weighted by Gasteiger charge is -2.36. The van der Waals surface area contributed by atoms with Crippen LogP contribution >= 0.6 is 0 Å². The minimum absolute atomic E-state index is 0.0690. The first-order valence-corrected chi connectivity index (χ1v) is 9.48. The van der Waals surface area contributed by atoms with E-state index < -0.39 is 0 Å². The van der Waals surface area contributed by atoms with Crippen molar-refractivity contribution in [3.63, 3.8) is 0 Å². The molecule has 1 fully saturated rings. The van der Waals surface area contributed by atoms with Gasteiger partial charge in [0.25, 0.3) is 5.91 Å². The van der Waals surface area contributed by atoms with Crippen LogP contribution in [0, 0.1) is 0 Å². The molecule has 0 atom stereocenters. The zero-order chi connectivity index (χ0) is 20.1. The lowest BCUT2D eigenvalue weighted by Crippen LogP contribution is -2.53. The molecule has 0 saturated carbocycles. The van der Waals surface area contributed by atoms with Gasteiger partial charge in [-0.25, -0.2) is 9.67 Å². The van der Waals surface area contributed by atoms with Crippen molar-refractivity contribution in [2.24, 2.45) is 4.99 Å². The molecule has 1 aliphatic heterocycles. The molecule has 1 N–H and O–H groups in total. The molecule has 1 amide bonds. The largest absolute Gasteiger partial charge is 0.459 e. The van der Waals surface area contributed by atoms with Crippen molar-refractivity contribution in [2.75, 3.05) is 33.2 Å². The fourth-order valence-corrected chi connectivity index (χ4v) is 3.29. The van der Waals surface area contributed by atoms with Crippen molar-refractivity contribution in [1.29, 1.82) is 0 Å². The molecular weight excluding hydrogens is 370 g/mol. The fraction of sp³-hybridized carbons (Fsp3) is 0.300. The summed E-state index contributed by atoms with van der Waals surface area (Å²) >= 11 is 0. The van der Waals surface area contributed by atoms with Crippen LogP contribution in [0.2, 0.25) is 0 Å². The van der Waals surface area contributed by atoms with Gasteiger partial charge in [-0.1, -0.05) is 0 Å². The van der Waals surface area contributed by atoms with E-state index in [9.17, 15) is 4.79 Å². The molecule has 0 spiro atoms. The molecule has 0 aliphatic carbocycles. The number of nitrogens with one attached hydrogen (secondary N) is 1. The van der Waals surface area contributed by atoms with Crippen LogP contribution in [0.3, 0.4) is 0 Å². The number of furan rings is 1. The summed E-state index contributed by atoms with van der Waals surface area (Å²) in [6.45, 7) is 3.29. The van der Waals surface area contributed by atoms with Crippen LogP contribution in [0.15, 0.2) is 64.6 Å². The number of amides is 1. The molecule has 1 aliphatic rings. The SMILES string of the molecule is CN=C(NCc1ccnc(-n2cccn2)c1)N1CCN(C(=O)c2ccco2)CC1. The maximum atomic E-state index is 12.4. The second-order valence-corrected chi connectivity index (χ2v) is 6.63. The van der Waals surface area contributed by atoms with E-state index in [1.807, 2.05) is 29.3 Å². The standard InChI is InChI=1S/C20H23N7O2/c1-21-20(23-15-16-5-7-22-18(14-16)27-8-3-6-24-27)26-11-9-25(10-12-26)19(28)17-4-2-13-29-17/h2-8,13-14H,9-12,15H2,1H3,(H,21,23). The molecule has 3 aromatic heterocycles. The van der Waals surface area contributed by atoms with Crippen molar-refractivity contribution in [1.82, 2.24) is 29.9 Å². The number of aromatic nitrogens is 3. The summed E-state index contributed by atoms with van der Waals surface area (Å²) in [5.74, 6) is 1.90. The third-order valence-corrected chi connectivity index (χ3v) is 4.81. The van der Waals surface area contributed by atoms with Crippen LogP contribution in [0.25, 0.3) is 5.82 Å². The van der Waals surface area contributed by atoms with E-state index in [-0.39, 0.29) is 5.91 Å². The van der Waals surface area contributed by atoms with Gasteiger partial charge in [0, 0.05) is 58.4 Å². The Bertz CT molecular complexity index is 959. The molecule has 9 nitrogen and oxygen atoms in total. The molecule has 0 bridgehead atoms. The summed E-state index contributed by atoms with van der Waals surface area (Å²) in [5, 5.41) is 7.61. The highest BCUT2D eigenvalue weighted by Gasteiger charge is 2.25. The molecular formula is C20H23N7O2. The maximum absolute atomic E-state index is 12.4. The number of piperazine rings is 1. The predicted octanol–water partition coefficient (Wildman–Crippen LogP) is 1.39. The monoisotopic (exact) mass is 393 g/mol. The highest BCUT2D eigenvalue weighted by molar-refractivity contribution is 5.91. The van der Waals surface area contributed by atoms with Crippen LogP contribution < -0.4 is 5.32 Å². The van der Waals surface area contributed by atoms with Gasteiger partial charge < -0.3 is 19.5 Å². The van der Waals surface area contributed by atoms with Gasteiger partial charge in [0.15, 0.2) is 17.5 Å². The van der Waals surface area contributed by atoms with Crippen LogP contribution in [-0.4, -0.2) is 69.7 Å². The quantitative estimate of drug-likeness (QED) is 0.532. The van der Waals surface area contributed by atoms with Gasteiger partial charge in [0.1, 0.15) is 0 Å². The summed E-state index contributed by atoms with van der Waals surface area (Å²) in [7, 11) is 1.77. The summed E-state index contributed by atoms with van der Waals surface area (Å²) < 4.78 is 6.95. The lowest BCUT2D eigenvalue weighted by molar-refractivity contribution is 0.0657. The van der Waals surface area contributed by atoms with Crippen LogP contribution in [0.5, 0.6) is 0 Å². The maximum Gasteiger partial charge on any atom is 0.289 e. The Morgan fingerprint density at radius 3 is 2.69 bits per heavy atom. The van der Waals surface area contributed by atoms with E-state index in [2.05, 4.69) is 25.3 Å². The first-order valence-electron chi connectivity index (χ1n) is 9.48. The number of rotatable bonds is 4. The smallest absolute Gasteiger partial charge is 0.289 e. The number of pyridine rings is 1. The molecule has 4 rings (SSSR count). The first kappa shape index (κ1) is 18.7. The van der Waals surface area contributed by atoms with Gasteiger partial charge in [-0.2, -0.15) is 5.10 Å². The molecule has 150 valence electrons. The van der Waals surface area contributed by atoms with Gasteiger partial charge in [-0.05, 0) is 35.9 Å². The Morgan fingerprint density at radius 2 is 2.00 bits per heavy atom. The van der Waals surface area contributed by atoms with E-state index in [0.29, 0.717) is 38.5 Å². The fourth-order valence-electron chi connectivity index (χ4n) is 3.29. The molecule has 9 heteroatoms. The first-order chi connectivity index (χ1) is 14.2. The Kier molecular flexibility index (Phi) is 5.55. The molecule has 3 aromatic rings. The van der Waals surface area contributed by atoms with E-state index in [4.69, 9.17) is 4.42 Å². The van der Waals surface area contributed by atoms with Gasteiger partial charge in [0.05, 0.1) is 6.26 Å². The second-order valence-electron chi connectivity index (χ2n) is 6.63. The highest BCUT2D eigenvalue weighted by Crippen LogP contribution is 2.10. The van der Waals surface area contributed by atoms with E-state index in [1.165, 1.54) is 6.26 Å². The summed E-state index contributed by atoms with van der Waals surface area (Å²) in [5.41, 5.74) is 1.08. The van der Waals surface area contributed by atoms with Crippen molar-refractivity contribution in [2.45, 2.75) is 6.54 Å². The van der Waals surface area contributed by atoms with Crippen LogP contribution in [0.1, 0.15) is 16.1 Å². The number of aliphatic imine (C=N–C) groups is 1. The number of carbonyl (C=O) groups excluding carboxylic acids is 1. The van der Waals surface area contributed by atoms with Crippen molar-refractivity contribution in [3.8, 4) is 5.82 Å². The van der Waals surface area contributed by atoms with Gasteiger partial charge >= 0.3 is 0 Å². The molecule has 4 heterocycles. The average Bonchev–Trinajstić information content (AvgIpc) is 3.49. The highest BCUT2D eigenvalue weighted by atomic mass is 16.3. The second kappa shape index (κ2) is 8.59. The van der Waals surface area contributed by atoms with Crippen molar-refractivity contribution < 1.29 is 9.21 Å². The van der Waals surface area contributed by atoms with Crippen molar-refractivity contribution in [3.05, 3.63) is 66.5 Å². The Balaban J connectivity index is 1.32. The molecule has 0 aromatic carbocycles. The topological polar surface area (TPSA) is 91.8 Å². The van der Waals surface area contributed by atoms with E-state index >= 15 is 0 Å². The van der Waals surface area contributed by atoms with Crippen LogP contribution in [0.4, 0.5) is 0 Å². The Hall–Kier alpha value is -3.62. The lowest BCUT2D eigenvalue weighted by atomic mass is 10.2. The number of carbonyl (C=O) groups is 1. The minimum Gasteiger partial charge on any atom is -0.459 e. The number of nitrogens with zero attached hydrogens (tertiary/aromatic N) is 6. The van der Waals surface area contributed by atoms with E-state index in [1.54, 1.807) is 36.3 Å². The summed E-state index contributed by atoms with van der Waals surface area (Å²) in [6.07, 6.45) is 6.88. The van der Waals surface area contributed by atoms with Gasteiger partial charge in [-0.15, -0.1) is 0 Å². The minimum atomic E-state index is -0.0690. The third kappa shape index (κ3) is 4.29. The third-order valence-electron chi connectivity index (χ3n) is 4.81. The Morgan fingerprint density at radius 1 is 1.17 bits per heavy atom. The molecule has 0 unspecified atom stereocenters. The van der Waals surface area contributed by atoms with Crippen LogP contribution in [-0.2, 0) is 6.54 Å². The molecule has 0 radical (unpaired) electrons. The van der Waals surface area contributed by atoms with Crippen molar-refractivity contribution >= 4 is 11.9 Å². The Labute approximate surface area is 168 Å². The van der Waals surface area contributed by atoms with Gasteiger partial charge in [-0.3, -0.25) is 9.79 Å². The molecule has 1 saturated heterocycles. The zero-order valence-electron chi connectivity index (χ0n) is 16.2. The zero-order valence-corrected chi connectivity index (χ0v) is 16.2. The predicted molar refractivity (Wildman–Crippen MR) is 108 cm³/mol. The number of guanidine groups is 1. The summed E-state index contributed by atoms with van der Waals surface area (Å²) in [6, 6.07) is 9.25. The summed E-state index contributed by atoms with van der Waals surface area (Å²) in [4.78, 5) is 25.1. The number of hydrogen-bond acceptors (Lipinski definition) is 5. The van der Waals surface area contributed by atoms with Gasteiger partial charge in [0.2, 0.25) is 0 Å².